The number of carbonyl (C=O) groups excluding carboxylic acids is 1. The van der Waals surface area contributed by atoms with Crippen LogP contribution in [0.5, 0.6) is 0 Å². The van der Waals surface area contributed by atoms with Crippen molar-refractivity contribution in [2.45, 2.75) is 45.6 Å². The molecule has 1 aliphatic carbocycles. The highest BCUT2D eigenvalue weighted by Gasteiger charge is 2.27. The van der Waals surface area contributed by atoms with Crippen LogP contribution in [0.15, 0.2) is 72.8 Å². The second-order valence-corrected chi connectivity index (χ2v) is 10.4. The highest BCUT2D eigenvalue weighted by atomic mass is 16.6. The van der Waals surface area contributed by atoms with Crippen LogP contribution in [0.4, 0.5) is 5.69 Å². The molecule has 1 aliphatic rings. The van der Waals surface area contributed by atoms with Gasteiger partial charge in [-0.15, -0.1) is 0 Å². The van der Waals surface area contributed by atoms with Crippen LogP contribution >= 0.6 is 0 Å². The number of esters is 1. The lowest BCUT2D eigenvalue weighted by atomic mass is 9.86. The molecule has 37 heavy (non-hydrogen) atoms. The van der Waals surface area contributed by atoms with Gasteiger partial charge >= 0.3 is 5.97 Å². The van der Waals surface area contributed by atoms with Crippen molar-refractivity contribution in [2.75, 3.05) is 0 Å². The summed E-state index contributed by atoms with van der Waals surface area (Å²) in [6, 6.07) is 22.3. The molecule has 0 unspecified atom stereocenters. The fourth-order valence-corrected chi connectivity index (χ4v) is 4.77. The topological polar surface area (TPSA) is 82.3 Å². The lowest BCUT2D eigenvalue weighted by molar-refractivity contribution is -0.384. The maximum atomic E-state index is 13.4. The Morgan fingerprint density at radius 3 is 2.51 bits per heavy atom. The summed E-state index contributed by atoms with van der Waals surface area (Å²) in [5.74, 6) is -0.447. The number of rotatable bonds is 5. The monoisotopic (exact) mass is 492 g/mol. The summed E-state index contributed by atoms with van der Waals surface area (Å²) in [7, 11) is 0. The minimum absolute atomic E-state index is 0.0332. The molecule has 0 bridgehead atoms. The molecule has 0 radical (unpaired) electrons. The Kier molecular flexibility index (Phi) is 6.34. The molecular weight excluding hydrogens is 464 g/mol. The smallest absolute Gasteiger partial charge is 0.339 e. The van der Waals surface area contributed by atoms with Gasteiger partial charge in [0.2, 0.25) is 0 Å². The summed E-state index contributed by atoms with van der Waals surface area (Å²) in [5, 5.41) is 11.8. The zero-order chi connectivity index (χ0) is 26.2. The van der Waals surface area contributed by atoms with Gasteiger partial charge in [-0.3, -0.25) is 10.1 Å². The van der Waals surface area contributed by atoms with Crippen LogP contribution in [0.25, 0.3) is 22.6 Å². The molecule has 1 aromatic heterocycles. The summed E-state index contributed by atoms with van der Waals surface area (Å²) in [6.45, 7) is 6.54. The average molecular weight is 493 g/mol. The average Bonchev–Trinajstić information content (AvgIpc) is 3.27. The van der Waals surface area contributed by atoms with Gasteiger partial charge in [0.25, 0.3) is 5.69 Å². The minimum Gasteiger partial charge on any atom is -0.457 e. The van der Waals surface area contributed by atoms with Crippen LogP contribution in [0.3, 0.4) is 0 Å². The van der Waals surface area contributed by atoms with Gasteiger partial charge in [0.15, 0.2) is 0 Å². The van der Waals surface area contributed by atoms with E-state index < -0.39 is 10.9 Å². The summed E-state index contributed by atoms with van der Waals surface area (Å²) < 4.78 is 5.67. The number of carbonyl (C=O) groups is 1. The molecule has 0 atom stereocenters. The molecular formula is C31H28N2O4. The molecule has 5 rings (SSSR count). The molecule has 0 fully saturated rings. The third-order valence-electron chi connectivity index (χ3n) is 6.75. The van der Waals surface area contributed by atoms with Crippen molar-refractivity contribution >= 4 is 34.2 Å². The first-order valence-electron chi connectivity index (χ1n) is 12.3. The van der Waals surface area contributed by atoms with Gasteiger partial charge in [-0.2, -0.15) is 0 Å². The zero-order valence-electron chi connectivity index (χ0n) is 21.2. The molecule has 0 aliphatic heterocycles. The van der Waals surface area contributed by atoms with Gasteiger partial charge in [-0.05, 0) is 58.2 Å². The molecule has 4 aromatic rings. The van der Waals surface area contributed by atoms with E-state index in [2.05, 4.69) is 51.1 Å². The van der Waals surface area contributed by atoms with Crippen LogP contribution in [-0.4, -0.2) is 15.9 Å². The number of nitrogens with zero attached hydrogens (tertiary/aromatic N) is 2. The van der Waals surface area contributed by atoms with Crippen molar-refractivity contribution < 1.29 is 14.5 Å². The molecule has 0 spiro atoms. The second-order valence-electron chi connectivity index (χ2n) is 10.4. The Labute approximate surface area is 215 Å². The van der Waals surface area contributed by atoms with E-state index in [0.29, 0.717) is 17.5 Å². The molecule has 186 valence electrons. The van der Waals surface area contributed by atoms with Crippen LogP contribution < -0.4 is 0 Å². The van der Waals surface area contributed by atoms with E-state index in [9.17, 15) is 14.9 Å². The highest BCUT2D eigenvalue weighted by Crippen LogP contribution is 2.38. The number of para-hydroxylation sites is 1. The third-order valence-corrected chi connectivity index (χ3v) is 6.75. The van der Waals surface area contributed by atoms with Crippen molar-refractivity contribution in [2.24, 2.45) is 0 Å². The van der Waals surface area contributed by atoms with Gasteiger partial charge in [-0.1, -0.05) is 75.4 Å². The van der Waals surface area contributed by atoms with Crippen molar-refractivity contribution in [3.05, 3.63) is 116 Å². The van der Waals surface area contributed by atoms with Gasteiger partial charge < -0.3 is 4.74 Å². The van der Waals surface area contributed by atoms with Crippen molar-refractivity contribution in [3.63, 3.8) is 0 Å². The van der Waals surface area contributed by atoms with Crippen LogP contribution in [0, 0.1) is 10.1 Å². The van der Waals surface area contributed by atoms with Gasteiger partial charge in [0.05, 0.1) is 21.7 Å². The minimum atomic E-state index is -0.459. The van der Waals surface area contributed by atoms with Crippen molar-refractivity contribution in [1.29, 1.82) is 0 Å². The number of benzene rings is 3. The largest absolute Gasteiger partial charge is 0.457 e. The number of hydrogen-bond acceptors (Lipinski definition) is 5. The lowest BCUT2D eigenvalue weighted by Gasteiger charge is -2.18. The van der Waals surface area contributed by atoms with E-state index >= 15 is 0 Å². The predicted molar refractivity (Wildman–Crippen MR) is 145 cm³/mol. The standard InChI is InChI=1S/C31H28N2O4/c1-31(2,3)23-14-11-20(12-15-23)17-22-13-16-26-28(25-9-4-5-10-27(25)32-29(22)26)30(34)37-19-21-7-6-8-24(18-21)33(35)36/h4-12,14-15,17-18H,13,16,19H2,1-3H3. The summed E-state index contributed by atoms with van der Waals surface area (Å²) in [4.78, 5) is 29.0. The Morgan fingerprint density at radius 2 is 1.78 bits per heavy atom. The predicted octanol–water partition coefficient (Wildman–Crippen LogP) is 7.28. The number of fused-ring (bicyclic) bond motifs is 2. The third kappa shape index (κ3) is 5.00. The number of hydrogen-bond donors (Lipinski definition) is 0. The normalized spacial score (nSPS) is 14.1. The van der Waals surface area contributed by atoms with Gasteiger partial charge in [0, 0.05) is 17.5 Å². The molecule has 3 aromatic carbocycles. The Balaban J connectivity index is 1.49. The molecule has 1 heterocycles. The maximum Gasteiger partial charge on any atom is 0.339 e. The number of pyridine rings is 1. The molecule has 6 heteroatoms. The van der Waals surface area contributed by atoms with Crippen LogP contribution in [-0.2, 0) is 23.2 Å². The Bertz CT molecular complexity index is 1550. The van der Waals surface area contributed by atoms with Crippen LogP contribution in [0.1, 0.15) is 65.5 Å². The maximum absolute atomic E-state index is 13.4. The summed E-state index contributed by atoms with van der Waals surface area (Å²) in [6.07, 6.45) is 3.63. The molecule has 0 N–H and O–H groups in total. The number of aromatic nitrogens is 1. The number of ether oxygens (including phenoxy) is 1. The Morgan fingerprint density at radius 1 is 1.03 bits per heavy atom. The van der Waals surface area contributed by atoms with E-state index in [0.717, 1.165) is 39.7 Å². The van der Waals surface area contributed by atoms with Gasteiger partial charge in [0.1, 0.15) is 6.61 Å². The zero-order valence-corrected chi connectivity index (χ0v) is 21.2. The fraction of sp³-hybridized carbons (Fsp3) is 0.226. The lowest BCUT2D eigenvalue weighted by Crippen LogP contribution is -2.10. The molecule has 0 saturated heterocycles. The quantitative estimate of drug-likeness (QED) is 0.166. The SMILES string of the molecule is CC(C)(C)c1ccc(C=C2CCc3c2nc2ccccc2c3C(=O)OCc2cccc([N+](=O)[O-])c2)cc1. The number of nitro benzene ring substituents is 1. The van der Waals surface area contributed by atoms with Crippen LogP contribution in [0.2, 0.25) is 0 Å². The Hall–Kier alpha value is -4.32. The molecule has 0 saturated carbocycles. The van der Waals surface area contributed by atoms with Crippen molar-refractivity contribution in [3.8, 4) is 0 Å². The molecule has 0 amide bonds. The first-order valence-corrected chi connectivity index (χ1v) is 12.3. The number of allylic oxidation sites excluding steroid dienone is 1. The number of nitro groups is 1. The fourth-order valence-electron chi connectivity index (χ4n) is 4.77. The van der Waals surface area contributed by atoms with E-state index in [1.165, 1.54) is 17.7 Å². The first-order chi connectivity index (χ1) is 17.7. The van der Waals surface area contributed by atoms with Gasteiger partial charge in [-0.25, -0.2) is 9.78 Å². The number of non-ortho nitro benzene ring substituents is 1. The summed E-state index contributed by atoms with van der Waals surface area (Å²) >= 11 is 0. The molecule has 6 nitrogen and oxygen atoms in total. The van der Waals surface area contributed by atoms with E-state index in [1.54, 1.807) is 12.1 Å². The van der Waals surface area contributed by atoms with Crippen molar-refractivity contribution in [1.82, 2.24) is 4.98 Å². The van der Waals surface area contributed by atoms with E-state index in [-0.39, 0.29) is 17.7 Å². The second kappa shape index (κ2) is 9.62. The van der Waals surface area contributed by atoms with E-state index in [4.69, 9.17) is 9.72 Å². The highest BCUT2D eigenvalue weighted by molar-refractivity contribution is 6.07. The van der Waals surface area contributed by atoms with E-state index in [1.807, 2.05) is 24.3 Å². The summed E-state index contributed by atoms with van der Waals surface area (Å²) in [5.41, 5.74) is 7.08. The first kappa shape index (κ1) is 24.4.